The summed E-state index contributed by atoms with van der Waals surface area (Å²) in [5.74, 6) is -4.08. The van der Waals surface area contributed by atoms with Gasteiger partial charge in [-0.1, -0.05) is 11.6 Å². The fourth-order valence-electron chi connectivity index (χ4n) is 2.20. The Hall–Kier alpha value is -2.86. The highest BCUT2D eigenvalue weighted by molar-refractivity contribution is 7.80. The van der Waals surface area contributed by atoms with Crippen LogP contribution in [-0.2, 0) is 6.18 Å². The van der Waals surface area contributed by atoms with Crippen LogP contribution in [0.4, 0.5) is 27.6 Å². The minimum absolute atomic E-state index is 0.176. The summed E-state index contributed by atoms with van der Waals surface area (Å²) in [5, 5.41) is 5.52. The first-order valence-electron chi connectivity index (χ1n) is 8.06. The van der Waals surface area contributed by atoms with Gasteiger partial charge >= 0.3 is 6.18 Å². The molecule has 0 atom stereocenters. The molecule has 0 spiro atoms. The molecule has 0 aliphatic carbocycles. The molecule has 0 unspecified atom stereocenters. The Kier molecular flexibility index (Phi) is 7.26. The molecular formula is C17H12ClF5N4O2S. The molecule has 1 aromatic heterocycles. The van der Waals surface area contributed by atoms with Crippen LogP contribution in [0.1, 0.15) is 33.3 Å². The second-order valence-corrected chi connectivity index (χ2v) is 6.45. The number of halogens is 6. The number of thiocarbonyl (C=S) groups is 1. The van der Waals surface area contributed by atoms with Gasteiger partial charge < -0.3 is 10.6 Å². The topological polar surface area (TPSA) is 83.1 Å². The highest BCUT2D eigenvalue weighted by atomic mass is 35.5. The third-order valence-electron chi connectivity index (χ3n) is 3.49. The number of alkyl halides is 3. The van der Waals surface area contributed by atoms with E-state index in [0.29, 0.717) is 18.3 Å². The van der Waals surface area contributed by atoms with Gasteiger partial charge in [0.2, 0.25) is 0 Å². The highest BCUT2D eigenvalue weighted by Gasteiger charge is 2.32. The third-order valence-corrected chi connectivity index (χ3v) is 3.98. The van der Waals surface area contributed by atoms with E-state index in [1.54, 1.807) is 6.92 Å². The van der Waals surface area contributed by atoms with E-state index in [0.717, 1.165) is 6.07 Å². The molecule has 1 aromatic carbocycles. The molecule has 160 valence electrons. The van der Waals surface area contributed by atoms with Crippen molar-refractivity contribution in [2.24, 2.45) is 0 Å². The normalized spacial score (nSPS) is 11.0. The summed E-state index contributed by atoms with van der Waals surface area (Å²) in [6.07, 6.45) is -4.30. The zero-order valence-corrected chi connectivity index (χ0v) is 16.5. The first-order valence-corrected chi connectivity index (χ1v) is 8.85. The van der Waals surface area contributed by atoms with E-state index in [1.165, 1.54) is 0 Å². The zero-order chi connectivity index (χ0) is 22.6. The van der Waals surface area contributed by atoms with Crippen LogP contribution in [0.25, 0.3) is 0 Å². The van der Waals surface area contributed by atoms with Gasteiger partial charge in [0.25, 0.3) is 11.8 Å². The van der Waals surface area contributed by atoms with Gasteiger partial charge in [0, 0.05) is 18.8 Å². The van der Waals surface area contributed by atoms with Crippen molar-refractivity contribution in [3.63, 3.8) is 0 Å². The number of carbonyl (C=O) groups is 2. The van der Waals surface area contributed by atoms with Crippen molar-refractivity contribution >= 4 is 46.4 Å². The molecule has 0 aliphatic heterocycles. The molecule has 30 heavy (non-hydrogen) atoms. The van der Waals surface area contributed by atoms with Gasteiger partial charge in [-0.2, -0.15) is 13.2 Å². The Morgan fingerprint density at radius 2 is 1.83 bits per heavy atom. The fraction of sp³-hybridized carbons (Fsp3) is 0.176. The second-order valence-electron chi connectivity index (χ2n) is 5.63. The predicted octanol–water partition coefficient (Wildman–Crippen LogP) is 3.91. The van der Waals surface area contributed by atoms with Crippen molar-refractivity contribution in [3.8, 4) is 0 Å². The molecule has 0 saturated carbocycles. The molecule has 6 nitrogen and oxygen atoms in total. The number of nitrogens with zero attached hydrogens (tertiary/aromatic N) is 1. The first-order chi connectivity index (χ1) is 13.9. The summed E-state index contributed by atoms with van der Waals surface area (Å²) < 4.78 is 65.6. The number of aromatic nitrogens is 1. The lowest BCUT2D eigenvalue weighted by atomic mass is 10.1. The molecule has 2 rings (SSSR count). The SMILES string of the molecule is CCNC(=O)c1cc(F)cc(F)c1NC(=S)NC(=O)c1ncc(C(F)(F)F)cc1Cl. The molecule has 0 aliphatic rings. The lowest BCUT2D eigenvalue weighted by Crippen LogP contribution is -2.36. The molecular weight excluding hydrogens is 455 g/mol. The molecule has 3 N–H and O–H groups in total. The monoisotopic (exact) mass is 466 g/mol. The Bertz CT molecular complexity index is 1020. The van der Waals surface area contributed by atoms with E-state index in [-0.39, 0.29) is 6.54 Å². The Balaban J connectivity index is 2.22. The number of rotatable bonds is 4. The van der Waals surface area contributed by atoms with Crippen LogP contribution in [0.15, 0.2) is 24.4 Å². The van der Waals surface area contributed by atoms with Crippen LogP contribution in [0.3, 0.4) is 0 Å². The first kappa shape index (κ1) is 23.4. The van der Waals surface area contributed by atoms with E-state index in [2.05, 4.69) is 15.6 Å². The Morgan fingerprint density at radius 1 is 1.17 bits per heavy atom. The van der Waals surface area contributed by atoms with Crippen molar-refractivity contribution < 1.29 is 31.5 Å². The van der Waals surface area contributed by atoms with E-state index in [1.807, 2.05) is 5.32 Å². The summed E-state index contributed by atoms with van der Waals surface area (Å²) in [6.45, 7) is 1.77. The number of hydrogen-bond donors (Lipinski definition) is 3. The second kappa shape index (κ2) is 9.30. The van der Waals surface area contributed by atoms with E-state index < -0.39 is 62.3 Å². The molecule has 1 heterocycles. The van der Waals surface area contributed by atoms with Crippen molar-refractivity contribution in [2.75, 3.05) is 11.9 Å². The molecule has 2 aromatic rings. The summed E-state index contributed by atoms with van der Waals surface area (Å²) in [6, 6.07) is 1.76. The summed E-state index contributed by atoms with van der Waals surface area (Å²) in [5.41, 5.74) is -2.67. The lowest BCUT2D eigenvalue weighted by molar-refractivity contribution is -0.137. The number of benzene rings is 1. The maximum absolute atomic E-state index is 14.2. The fourth-order valence-corrected chi connectivity index (χ4v) is 2.65. The van der Waals surface area contributed by atoms with Crippen LogP contribution in [0.2, 0.25) is 5.02 Å². The van der Waals surface area contributed by atoms with Gasteiger partial charge in [-0.15, -0.1) is 0 Å². The average Bonchev–Trinajstić information content (AvgIpc) is 2.62. The highest BCUT2D eigenvalue weighted by Crippen LogP contribution is 2.31. The Labute approximate surface area is 176 Å². The van der Waals surface area contributed by atoms with Gasteiger partial charge in [-0.3, -0.25) is 14.9 Å². The van der Waals surface area contributed by atoms with Gasteiger partial charge in [0.05, 0.1) is 21.8 Å². The van der Waals surface area contributed by atoms with Crippen LogP contribution in [0.5, 0.6) is 0 Å². The third kappa shape index (κ3) is 5.60. The van der Waals surface area contributed by atoms with E-state index in [9.17, 15) is 31.5 Å². The van der Waals surface area contributed by atoms with Gasteiger partial charge in [-0.25, -0.2) is 13.8 Å². The van der Waals surface area contributed by atoms with Crippen molar-refractivity contribution in [2.45, 2.75) is 13.1 Å². The van der Waals surface area contributed by atoms with Crippen LogP contribution in [0, 0.1) is 11.6 Å². The molecule has 2 amide bonds. The van der Waals surface area contributed by atoms with Crippen LogP contribution in [-0.4, -0.2) is 28.5 Å². The van der Waals surface area contributed by atoms with E-state index >= 15 is 0 Å². The summed E-state index contributed by atoms with van der Waals surface area (Å²) in [4.78, 5) is 27.6. The summed E-state index contributed by atoms with van der Waals surface area (Å²) in [7, 11) is 0. The van der Waals surface area contributed by atoms with Crippen molar-refractivity contribution in [3.05, 3.63) is 57.9 Å². The number of carbonyl (C=O) groups excluding carboxylic acids is 2. The maximum atomic E-state index is 14.2. The molecule has 0 saturated heterocycles. The molecule has 0 bridgehead atoms. The number of anilines is 1. The molecule has 0 fully saturated rings. The zero-order valence-electron chi connectivity index (χ0n) is 15.0. The molecule has 13 heteroatoms. The average molecular weight is 467 g/mol. The smallest absolute Gasteiger partial charge is 0.352 e. The largest absolute Gasteiger partial charge is 0.417 e. The van der Waals surface area contributed by atoms with Gasteiger partial charge in [-0.05, 0) is 31.3 Å². The number of amides is 2. The minimum Gasteiger partial charge on any atom is -0.352 e. The number of nitrogens with one attached hydrogen (secondary N) is 3. The number of pyridine rings is 1. The number of hydrogen-bond acceptors (Lipinski definition) is 4. The predicted molar refractivity (Wildman–Crippen MR) is 102 cm³/mol. The lowest BCUT2D eigenvalue weighted by Gasteiger charge is -2.15. The maximum Gasteiger partial charge on any atom is 0.417 e. The minimum atomic E-state index is -4.71. The van der Waals surface area contributed by atoms with Gasteiger partial charge in [0.1, 0.15) is 17.3 Å². The molecule has 0 radical (unpaired) electrons. The van der Waals surface area contributed by atoms with Crippen LogP contribution >= 0.6 is 23.8 Å². The van der Waals surface area contributed by atoms with Gasteiger partial charge in [0.15, 0.2) is 5.11 Å². The van der Waals surface area contributed by atoms with Crippen molar-refractivity contribution in [1.29, 1.82) is 0 Å². The quantitative estimate of drug-likeness (QED) is 0.470. The van der Waals surface area contributed by atoms with E-state index in [4.69, 9.17) is 23.8 Å². The van der Waals surface area contributed by atoms with Crippen molar-refractivity contribution in [1.82, 2.24) is 15.6 Å². The standard InChI is InChI=1S/C17H12ClF5N4O2S/c1-2-24-14(28)9-4-8(19)5-11(20)12(9)26-16(30)27-15(29)13-10(18)3-7(6-25-13)17(21,22)23/h3-6H,2H2,1H3,(H,24,28)(H2,26,27,29,30). The van der Waals surface area contributed by atoms with Crippen LogP contribution < -0.4 is 16.0 Å². The Morgan fingerprint density at radius 3 is 2.40 bits per heavy atom. The summed E-state index contributed by atoms with van der Waals surface area (Å²) >= 11 is 10.5.